The van der Waals surface area contributed by atoms with E-state index in [0.717, 1.165) is 11.9 Å². The zero-order chi connectivity index (χ0) is 13.8. The molecule has 0 aromatic heterocycles. The summed E-state index contributed by atoms with van der Waals surface area (Å²) in [6.45, 7) is 6.88. The Morgan fingerprint density at radius 1 is 1.16 bits per heavy atom. The Bertz CT molecular complexity index is 314. The molecule has 1 saturated heterocycles. The normalized spacial score (nSPS) is 35.3. The predicted octanol–water partition coefficient (Wildman–Crippen LogP) is 3.83. The van der Waals surface area contributed by atoms with E-state index in [1.165, 1.54) is 44.9 Å². The van der Waals surface area contributed by atoms with Gasteiger partial charge in [0.15, 0.2) is 0 Å². The molecule has 0 aromatic carbocycles. The summed E-state index contributed by atoms with van der Waals surface area (Å²) in [7, 11) is 1.85. The molecular weight excluding hydrogens is 236 g/mol. The maximum Gasteiger partial charge on any atom is 0.287 e. The van der Waals surface area contributed by atoms with Crippen molar-refractivity contribution in [3.63, 3.8) is 0 Å². The molecule has 0 radical (unpaired) electrons. The van der Waals surface area contributed by atoms with Crippen molar-refractivity contribution in [1.29, 1.82) is 0 Å². The minimum absolute atomic E-state index is 0.356. The van der Waals surface area contributed by atoms with Gasteiger partial charge in [-0.05, 0) is 32.6 Å². The van der Waals surface area contributed by atoms with Crippen LogP contribution in [0.3, 0.4) is 0 Å². The third-order valence-corrected chi connectivity index (χ3v) is 4.59. The van der Waals surface area contributed by atoms with Gasteiger partial charge in [-0.1, -0.05) is 39.0 Å². The maximum absolute atomic E-state index is 6.17. The average Bonchev–Trinajstić information content (AvgIpc) is 2.72. The molecule has 110 valence electrons. The molecule has 1 heterocycles. The van der Waals surface area contributed by atoms with E-state index >= 15 is 0 Å². The summed E-state index contributed by atoms with van der Waals surface area (Å²) in [5.74, 6) is 0.774. The second-order valence-electron chi connectivity index (χ2n) is 6.56. The van der Waals surface area contributed by atoms with Crippen molar-refractivity contribution in [2.75, 3.05) is 7.05 Å². The van der Waals surface area contributed by atoms with E-state index in [2.05, 4.69) is 30.7 Å². The van der Waals surface area contributed by atoms with E-state index < -0.39 is 0 Å². The number of aliphatic imine (C=N–C) groups is 1. The molecule has 1 saturated carbocycles. The van der Waals surface area contributed by atoms with Crippen LogP contribution in [-0.2, 0) is 4.74 Å². The third kappa shape index (κ3) is 3.43. The zero-order valence-electron chi connectivity index (χ0n) is 13.1. The number of amidine groups is 1. The Morgan fingerprint density at radius 3 is 2.47 bits per heavy atom. The number of hydrogen-bond acceptors (Lipinski definition) is 2. The van der Waals surface area contributed by atoms with Crippen molar-refractivity contribution in [1.82, 2.24) is 4.90 Å². The molecule has 1 aliphatic carbocycles. The molecule has 2 aliphatic rings. The first-order valence-corrected chi connectivity index (χ1v) is 8.05. The van der Waals surface area contributed by atoms with Crippen LogP contribution in [0.15, 0.2) is 4.99 Å². The van der Waals surface area contributed by atoms with Crippen LogP contribution in [0.2, 0.25) is 0 Å². The van der Waals surface area contributed by atoms with Crippen LogP contribution >= 0.6 is 0 Å². The minimum atomic E-state index is 0.356. The van der Waals surface area contributed by atoms with E-state index in [1.54, 1.807) is 0 Å². The van der Waals surface area contributed by atoms with Gasteiger partial charge in [-0.25, -0.2) is 4.99 Å². The van der Waals surface area contributed by atoms with E-state index in [9.17, 15) is 0 Å². The van der Waals surface area contributed by atoms with Crippen LogP contribution in [-0.4, -0.2) is 36.2 Å². The Hall–Kier alpha value is -0.730. The molecule has 0 N–H and O–H groups in total. The highest BCUT2D eigenvalue weighted by molar-refractivity contribution is 5.76. The van der Waals surface area contributed by atoms with Gasteiger partial charge in [0.25, 0.3) is 6.02 Å². The first-order chi connectivity index (χ1) is 9.13. The van der Waals surface area contributed by atoms with Crippen LogP contribution in [0.4, 0.5) is 0 Å². The van der Waals surface area contributed by atoms with Gasteiger partial charge in [-0.15, -0.1) is 0 Å². The van der Waals surface area contributed by atoms with Gasteiger partial charge in [-0.2, -0.15) is 0 Å². The quantitative estimate of drug-likeness (QED) is 0.720. The second kappa shape index (κ2) is 6.62. The highest BCUT2D eigenvalue weighted by Crippen LogP contribution is 2.32. The summed E-state index contributed by atoms with van der Waals surface area (Å²) in [5, 5.41) is 0. The van der Waals surface area contributed by atoms with Crippen molar-refractivity contribution in [3.05, 3.63) is 0 Å². The van der Waals surface area contributed by atoms with Gasteiger partial charge in [0, 0.05) is 13.1 Å². The molecule has 0 spiro atoms. The summed E-state index contributed by atoms with van der Waals surface area (Å²) in [6.07, 6.45) is 9.66. The third-order valence-electron chi connectivity index (χ3n) is 4.59. The molecule has 0 amide bonds. The van der Waals surface area contributed by atoms with Gasteiger partial charge in [0.05, 0.1) is 6.04 Å². The summed E-state index contributed by atoms with van der Waals surface area (Å²) in [4.78, 5) is 6.78. The summed E-state index contributed by atoms with van der Waals surface area (Å²) >= 11 is 0. The molecule has 19 heavy (non-hydrogen) atoms. The lowest BCUT2D eigenvalue weighted by atomic mass is 9.89. The monoisotopic (exact) mass is 266 g/mol. The first kappa shape index (κ1) is 14.7. The zero-order valence-corrected chi connectivity index (χ0v) is 13.1. The molecule has 3 heteroatoms. The highest BCUT2D eigenvalue weighted by atomic mass is 16.5. The Morgan fingerprint density at radius 2 is 1.84 bits per heavy atom. The van der Waals surface area contributed by atoms with Crippen LogP contribution < -0.4 is 0 Å². The molecule has 2 rings (SSSR count). The number of hydrogen-bond donors (Lipinski definition) is 0. The van der Waals surface area contributed by atoms with Gasteiger partial charge in [0.2, 0.25) is 0 Å². The molecule has 3 unspecified atom stereocenters. The Labute approximate surface area is 118 Å². The number of rotatable bonds is 1. The van der Waals surface area contributed by atoms with Gasteiger partial charge >= 0.3 is 0 Å². The highest BCUT2D eigenvalue weighted by Gasteiger charge is 2.41. The van der Waals surface area contributed by atoms with E-state index in [-0.39, 0.29) is 0 Å². The van der Waals surface area contributed by atoms with Crippen molar-refractivity contribution in [2.45, 2.75) is 83.9 Å². The number of nitrogens with zero attached hydrogens (tertiary/aromatic N) is 2. The molecule has 3 nitrogen and oxygen atoms in total. The lowest BCUT2D eigenvalue weighted by molar-refractivity contribution is 0.138. The van der Waals surface area contributed by atoms with Crippen LogP contribution in [0.1, 0.15) is 65.7 Å². The lowest BCUT2D eigenvalue weighted by Gasteiger charge is -2.30. The SMILES string of the molecule is C/N=C1\OC2CC(C)CCCCCCC2N1C(C)C. The summed E-state index contributed by atoms with van der Waals surface area (Å²) < 4.78 is 6.17. The second-order valence-corrected chi connectivity index (χ2v) is 6.56. The van der Waals surface area contributed by atoms with E-state index in [0.29, 0.717) is 18.2 Å². The van der Waals surface area contributed by atoms with Crippen molar-refractivity contribution < 1.29 is 4.74 Å². The number of ether oxygens (including phenoxy) is 1. The standard InChI is InChI=1S/C16H30N2O/c1-12(2)18-14-10-8-6-5-7-9-13(3)11-15(14)19-16(18)17-4/h12-15H,5-11H2,1-4H3/b17-16-. The van der Waals surface area contributed by atoms with Crippen LogP contribution in [0, 0.1) is 5.92 Å². The summed E-state index contributed by atoms with van der Waals surface area (Å²) in [6, 6.07) is 1.89. The van der Waals surface area contributed by atoms with Gasteiger partial charge in [0.1, 0.15) is 6.10 Å². The maximum atomic E-state index is 6.17. The molecule has 0 aromatic rings. The largest absolute Gasteiger partial charge is 0.460 e. The average molecular weight is 266 g/mol. The fourth-order valence-corrected chi connectivity index (χ4v) is 3.61. The first-order valence-electron chi connectivity index (χ1n) is 8.05. The fraction of sp³-hybridized carbons (Fsp3) is 0.938. The molecule has 2 fully saturated rings. The van der Waals surface area contributed by atoms with Gasteiger partial charge in [-0.3, -0.25) is 0 Å². The molecular formula is C16H30N2O. The number of fused-ring (bicyclic) bond motifs is 1. The van der Waals surface area contributed by atoms with Crippen LogP contribution in [0.25, 0.3) is 0 Å². The lowest BCUT2D eigenvalue weighted by Crippen LogP contribution is -2.42. The van der Waals surface area contributed by atoms with Crippen LogP contribution in [0.5, 0.6) is 0 Å². The molecule has 1 aliphatic heterocycles. The Kier molecular flexibility index (Phi) is 5.12. The van der Waals surface area contributed by atoms with Crippen molar-refractivity contribution >= 4 is 6.02 Å². The van der Waals surface area contributed by atoms with Crippen molar-refractivity contribution in [2.24, 2.45) is 10.9 Å². The van der Waals surface area contributed by atoms with E-state index in [1.807, 2.05) is 7.05 Å². The van der Waals surface area contributed by atoms with Crippen molar-refractivity contribution in [3.8, 4) is 0 Å². The predicted molar refractivity (Wildman–Crippen MR) is 80.5 cm³/mol. The summed E-state index contributed by atoms with van der Waals surface area (Å²) in [5.41, 5.74) is 0. The molecule has 0 bridgehead atoms. The van der Waals surface area contributed by atoms with E-state index in [4.69, 9.17) is 4.74 Å². The smallest absolute Gasteiger partial charge is 0.287 e. The topological polar surface area (TPSA) is 24.8 Å². The van der Waals surface area contributed by atoms with Gasteiger partial charge < -0.3 is 9.64 Å². The minimum Gasteiger partial charge on any atom is -0.460 e. The Balaban J connectivity index is 2.15. The molecule has 3 atom stereocenters. The fourth-order valence-electron chi connectivity index (χ4n) is 3.61.